The molecular formula is C17H29N3O2. The van der Waals surface area contributed by atoms with E-state index in [0.717, 1.165) is 45.6 Å². The van der Waals surface area contributed by atoms with Crippen LogP contribution >= 0.6 is 0 Å². The van der Waals surface area contributed by atoms with Crippen LogP contribution in [0.15, 0.2) is 11.6 Å². The summed E-state index contributed by atoms with van der Waals surface area (Å²) in [5, 5.41) is 0. The van der Waals surface area contributed by atoms with Gasteiger partial charge >= 0.3 is 0 Å². The Bertz CT molecular complexity index is 443. The SMILES string of the molecule is CC(C)=CCCN1CCCN(C(=O)C2CC(=O)N(C)C2)CC1. The normalized spacial score (nSPS) is 23.6. The number of amides is 2. The van der Waals surface area contributed by atoms with Crippen LogP contribution in [0.4, 0.5) is 0 Å². The molecule has 2 fully saturated rings. The predicted molar refractivity (Wildman–Crippen MR) is 87.4 cm³/mol. The van der Waals surface area contributed by atoms with Gasteiger partial charge in [-0.25, -0.2) is 0 Å². The molecule has 0 aliphatic carbocycles. The summed E-state index contributed by atoms with van der Waals surface area (Å²) in [7, 11) is 1.78. The van der Waals surface area contributed by atoms with Crippen LogP contribution in [0.1, 0.15) is 33.1 Å². The van der Waals surface area contributed by atoms with Crippen molar-refractivity contribution in [2.24, 2.45) is 5.92 Å². The molecule has 0 aromatic heterocycles. The average Bonchev–Trinajstić information content (AvgIpc) is 2.67. The largest absolute Gasteiger partial charge is 0.345 e. The number of carbonyl (C=O) groups excluding carboxylic acids is 2. The fourth-order valence-electron chi connectivity index (χ4n) is 3.24. The third kappa shape index (κ3) is 4.57. The molecule has 5 heteroatoms. The molecule has 0 saturated carbocycles. The smallest absolute Gasteiger partial charge is 0.228 e. The highest BCUT2D eigenvalue weighted by atomic mass is 16.2. The monoisotopic (exact) mass is 307 g/mol. The molecule has 0 N–H and O–H groups in total. The Morgan fingerprint density at radius 1 is 1.23 bits per heavy atom. The van der Waals surface area contributed by atoms with E-state index in [1.165, 1.54) is 5.57 Å². The van der Waals surface area contributed by atoms with Crippen LogP contribution < -0.4 is 0 Å². The van der Waals surface area contributed by atoms with Crippen molar-refractivity contribution in [3.63, 3.8) is 0 Å². The lowest BCUT2D eigenvalue weighted by Gasteiger charge is -2.24. The van der Waals surface area contributed by atoms with Crippen LogP contribution in [-0.2, 0) is 9.59 Å². The van der Waals surface area contributed by atoms with Crippen molar-refractivity contribution in [2.75, 3.05) is 46.3 Å². The van der Waals surface area contributed by atoms with Gasteiger partial charge in [0.15, 0.2) is 0 Å². The van der Waals surface area contributed by atoms with Crippen LogP contribution in [0.25, 0.3) is 0 Å². The van der Waals surface area contributed by atoms with E-state index in [1.54, 1.807) is 11.9 Å². The Morgan fingerprint density at radius 3 is 2.64 bits per heavy atom. The van der Waals surface area contributed by atoms with E-state index in [2.05, 4.69) is 24.8 Å². The van der Waals surface area contributed by atoms with Crippen molar-refractivity contribution in [1.82, 2.24) is 14.7 Å². The third-order valence-corrected chi connectivity index (χ3v) is 4.59. The minimum Gasteiger partial charge on any atom is -0.345 e. The topological polar surface area (TPSA) is 43.9 Å². The van der Waals surface area contributed by atoms with Crippen LogP contribution in [0.2, 0.25) is 0 Å². The van der Waals surface area contributed by atoms with Crippen molar-refractivity contribution in [1.29, 1.82) is 0 Å². The molecule has 2 saturated heterocycles. The molecule has 124 valence electrons. The minimum atomic E-state index is -0.130. The average molecular weight is 307 g/mol. The van der Waals surface area contributed by atoms with E-state index in [0.29, 0.717) is 13.0 Å². The lowest BCUT2D eigenvalue weighted by atomic mass is 10.1. The fraction of sp³-hybridized carbons (Fsp3) is 0.765. The van der Waals surface area contributed by atoms with Crippen LogP contribution in [0, 0.1) is 5.92 Å². The van der Waals surface area contributed by atoms with E-state index < -0.39 is 0 Å². The van der Waals surface area contributed by atoms with Crippen LogP contribution in [0.5, 0.6) is 0 Å². The molecular weight excluding hydrogens is 278 g/mol. The molecule has 0 aromatic carbocycles. The number of rotatable bonds is 4. The van der Waals surface area contributed by atoms with Crippen molar-refractivity contribution in [2.45, 2.75) is 33.1 Å². The Hall–Kier alpha value is -1.36. The first-order valence-corrected chi connectivity index (χ1v) is 8.36. The van der Waals surface area contributed by atoms with E-state index in [4.69, 9.17) is 0 Å². The summed E-state index contributed by atoms with van der Waals surface area (Å²) in [5.74, 6) is 0.134. The molecule has 0 bridgehead atoms. The van der Waals surface area contributed by atoms with Gasteiger partial charge in [-0.2, -0.15) is 0 Å². The zero-order valence-corrected chi connectivity index (χ0v) is 14.2. The van der Waals surface area contributed by atoms with Gasteiger partial charge in [0.05, 0.1) is 5.92 Å². The lowest BCUT2D eigenvalue weighted by Crippen LogP contribution is -2.39. The van der Waals surface area contributed by atoms with Gasteiger partial charge in [0.2, 0.25) is 11.8 Å². The van der Waals surface area contributed by atoms with E-state index in [9.17, 15) is 9.59 Å². The van der Waals surface area contributed by atoms with Gasteiger partial charge in [0, 0.05) is 46.2 Å². The summed E-state index contributed by atoms with van der Waals surface area (Å²) in [5.41, 5.74) is 1.36. The van der Waals surface area contributed by atoms with Gasteiger partial charge in [-0.3, -0.25) is 9.59 Å². The maximum atomic E-state index is 12.6. The van der Waals surface area contributed by atoms with Crippen molar-refractivity contribution in [3.8, 4) is 0 Å². The zero-order valence-electron chi connectivity index (χ0n) is 14.2. The number of hydrogen-bond donors (Lipinski definition) is 0. The van der Waals surface area contributed by atoms with E-state index >= 15 is 0 Å². The van der Waals surface area contributed by atoms with Crippen LogP contribution in [0.3, 0.4) is 0 Å². The van der Waals surface area contributed by atoms with Gasteiger partial charge in [-0.05, 0) is 33.2 Å². The number of nitrogens with zero attached hydrogens (tertiary/aromatic N) is 3. The molecule has 1 atom stereocenters. The third-order valence-electron chi connectivity index (χ3n) is 4.59. The maximum Gasteiger partial charge on any atom is 0.228 e. The van der Waals surface area contributed by atoms with Gasteiger partial charge < -0.3 is 14.7 Å². The van der Waals surface area contributed by atoms with Gasteiger partial charge in [0.25, 0.3) is 0 Å². The second-order valence-corrected chi connectivity index (χ2v) is 6.77. The Morgan fingerprint density at radius 2 is 2.00 bits per heavy atom. The highest BCUT2D eigenvalue weighted by Crippen LogP contribution is 2.19. The van der Waals surface area contributed by atoms with Crippen molar-refractivity contribution in [3.05, 3.63) is 11.6 Å². The fourth-order valence-corrected chi connectivity index (χ4v) is 3.24. The molecule has 2 rings (SSSR count). The quantitative estimate of drug-likeness (QED) is 0.737. The van der Waals surface area contributed by atoms with Gasteiger partial charge in [-0.1, -0.05) is 11.6 Å². The zero-order chi connectivity index (χ0) is 16.1. The molecule has 2 amide bonds. The van der Waals surface area contributed by atoms with Crippen molar-refractivity contribution >= 4 is 11.8 Å². The molecule has 0 radical (unpaired) electrons. The second-order valence-electron chi connectivity index (χ2n) is 6.77. The first-order chi connectivity index (χ1) is 10.5. The summed E-state index contributed by atoms with van der Waals surface area (Å²) in [6.45, 7) is 9.53. The van der Waals surface area contributed by atoms with Gasteiger partial charge in [0.1, 0.15) is 0 Å². The first-order valence-electron chi connectivity index (χ1n) is 8.36. The van der Waals surface area contributed by atoms with Crippen molar-refractivity contribution < 1.29 is 9.59 Å². The summed E-state index contributed by atoms with van der Waals surface area (Å²) < 4.78 is 0. The molecule has 2 heterocycles. The number of allylic oxidation sites excluding steroid dienone is 1. The molecule has 2 aliphatic rings. The number of hydrogen-bond acceptors (Lipinski definition) is 3. The van der Waals surface area contributed by atoms with E-state index in [1.807, 2.05) is 4.90 Å². The highest BCUT2D eigenvalue weighted by molar-refractivity contribution is 5.89. The Kier molecular flexibility index (Phi) is 6.00. The molecule has 0 aromatic rings. The molecule has 0 spiro atoms. The number of carbonyl (C=O) groups is 2. The Balaban J connectivity index is 1.81. The highest BCUT2D eigenvalue weighted by Gasteiger charge is 2.35. The summed E-state index contributed by atoms with van der Waals surface area (Å²) in [6, 6.07) is 0. The van der Waals surface area contributed by atoms with E-state index in [-0.39, 0.29) is 17.7 Å². The molecule has 1 unspecified atom stereocenters. The predicted octanol–water partition coefficient (Wildman–Crippen LogP) is 1.36. The minimum absolute atomic E-state index is 0.0940. The number of likely N-dealkylation sites (tertiary alicyclic amines) is 1. The van der Waals surface area contributed by atoms with Crippen LogP contribution in [-0.4, -0.2) is 72.8 Å². The summed E-state index contributed by atoms with van der Waals surface area (Å²) in [4.78, 5) is 30.3. The summed E-state index contributed by atoms with van der Waals surface area (Å²) in [6.07, 6.45) is 4.76. The molecule has 5 nitrogen and oxygen atoms in total. The summed E-state index contributed by atoms with van der Waals surface area (Å²) >= 11 is 0. The molecule has 2 aliphatic heterocycles. The standard InChI is InChI=1S/C17H29N3O2/c1-14(2)6-4-7-19-8-5-9-20(11-10-19)17(22)15-12-16(21)18(3)13-15/h6,15H,4-5,7-13H2,1-3H3. The first kappa shape index (κ1) is 17.0. The molecule has 22 heavy (non-hydrogen) atoms. The van der Waals surface area contributed by atoms with Gasteiger partial charge in [-0.15, -0.1) is 0 Å². The second kappa shape index (κ2) is 7.77. The lowest BCUT2D eigenvalue weighted by molar-refractivity contribution is -0.135. The Labute approximate surface area is 133 Å². The maximum absolute atomic E-state index is 12.6.